The van der Waals surface area contributed by atoms with Crippen LogP contribution in [0.15, 0.2) is 24.2 Å². The lowest BCUT2D eigenvalue weighted by Crippen LogP contribution is -2.62. The molecule has 1 spiro atoms. The Morgan fingerprint density at radius 3 is 2.50 bits per heavy atom. The molecule has 5 heteroatoms. The van der Waals surface area contributed by atoms with Crippen molar-refractivity contribution in [2.75, 3.05) is 0 Å². The van der Waals surface area contributed by atoms with Crippen LogP contribution in [0.5, 0.6) is 0 Å². The largest absolute Gasteiger partial charge is 0.434 e. The van der Waals surface area contributed by atoms with Crippen LogP contribution in [0.3, 0.4) is 0 Å². The Labute approximate surface area is 180 Å². The molecular weight excluding hydrogens is 363 g/mol. The zero-order valence-electron chi connectivity index (χ0n) is 19.5. The number of rotatable bonds is 9. The summed E-state index contributed by atoms with van der Waals surface area (Å²) in [6, 6.07) is 0. The number of hydrogen-bond donors (Lipinski definition) is 2. The van der Waals surface area contributed by atoms with E-state index < -0.39 is 0 Å². The maximum atomic E-state index is 6.05. The molecular formula is C23H42BN2OS. The van der Waals surface area contributed by atoms with E-state index in [0.29, 0.717) is 5.92 Å². The van der Waals surface area contributed by atoms with Crippen molar-refractivity contribution in [3.8, 4) is 0 Å². The zero-order valence-corrected chi connectivity index (χ0v) is 20.4. The molecule has 0 bridgehead atoms. The summed E-state index contributed by atoms with van der Waals surface area (Å²) in [6.45, 7) is 21.5. The van der Waals surface area contributed by atoms with E-state index in [1.54, 1.807) is 0 Å². The Hall–Kier alpha value is -0.545. The van der Waals surface area contributed by atoms with E-state index in [2.05, 4.69) is 91.0 Å². The second-order valence-electron chi connectivity index (χ2n) is 10.8. The summed E-state index contributed by atoms with van der Waals surface area (Å²) >= 11 is 4.68. The smallest absolute Gasteiger partial charge is 0.293 e. The lowest BCUT2D eigenvalue weighted by atomic mass is 9.73. The van der Waals surface area contributed by atoms with E-state index in [0.717, 1.165) is 18.4 Å². The first-order valence-corrected chi connectivity index (χ1v) is 11.3. The van der Waals surface area contributed by atoms with Gasteiger partial charge < -0.3 is 14.9 Å². The zero-order chi connectivity index (χ0) is 21.4. The average molecular weight is 405 g/mol. The summed E-state index contributed by atoms with van der Waals surface area (Å²) in [5.41, 5.74) is 2.50. The van der Waals surface area contributed by atoms with E-state index in [1.165, 1.54) is 31.4 Å². The summed E-state index contributed by atoms with van der Waals surface area (Å²) in [5, 5.41) is 3.78. The third-order valence-electron chi connectivity index (χ3n) is 6.59. The van der Waals surface area contributed by atoms with Gasteiger partial charge in [0.2, 0.25) is 0 Å². The van der Waals surface area contributed by atoms with Gasteiger partial charge in [-0.2, -0.15) is 12.6 Å². The molecule has 1 saturated carbocycles. The molecule has 3 nitrogen and oxygen atoms in total. The van der Waals surface area contributed by atoms with Crippen LogP contribution < -0.4 is 5.32 Å². The van der Waals surface area contributed by atoms with Crippen LogP contribution in [0, 0.1) is 5.92 Å². The van der Waals surface area contributed by atoms with Crippen molar-refractivity contribution < 1.29 is 4.65 Å². The van der Waals surface area contributed by atoms with E-state index in [4.69, 9.17) is 4.65 Å². The van der Waals surface area contributed by atoms with E-state index in [1.807, 2.05) is 7.48 Å². The highest BCUT2D eigenvalue weighted by atomic mass is 32.1. The fourth-order valence-electron chi connectivity index (χ4n) is 4.39. The third kappa shape index (κ3) is 4.95. The molecule has 2 rings (SSSR count). The lowest BCUT2D eigenvalue weighted by molar-refractivity contribution is 0.0814. The van der Waals surface area contributed by atoms with Crippen molar-refractivity contribution in [2.45, 2.75) is 115 Å². The number of nitrogens with one attached hydrogen (secondary N) is 1. The molecule has 0 aromatic carbocycles. The first kappa shape index (κ1) is 23.7. The van der Waals surface area contributed by atoms with Crippen molar-refractivity contribution in [2.24, 2.45) is 5.92 Å². The molecule has 2 aliphatic rings. The molecule has 28 heavy (non-hydrogen) atoms. The van der Waals surface area contributed by atoms with Gasteiger partial charge in [0.25, 0.3) is 7.48 Å². The quantitative estimate of drug-likeness (QED) is 0.283. The van der Waals surface area contributed by atoms with E-state index >= 15 is 0 Å². The van der Waals surface area contributed by atoms with E-state index in [-0.39, 0.29) is 21.4 Å². The van der Waals surface area contributed by atoms with Gasteiger partial charge in [-0.1, -0.05) is 25.7 Å². The average Bonchev–Trinajstić information content (AvgIpc) is 2.94. The highest BCUT2D eigenvalue weighted by Crippen LogP contribution is 2.53. The second-order valence-corrected chi connectivity index (χ2v) is 11.9. The molecule has 0 amide bonds. The van der Waals surface area contributed by atoms with E-state index in [9.17, 15) is 0 Å². The summed E-state index contributed by atoms with van der Waals surface area (Å²) < 4.78 is 5.87. The molecule has 0 saturated heterocycles. The minimum atomic E-state index is -0.276. The van der Waals surface area contributed by atoms with Gasteiger partial charge in [0, 0.05) is 22.2 Å². The highest BCUT2D eigenvalue weighted by molar-refractivity contribution is 7.81. The predicted molar refractivity (Wildman–Crippen MR) is 126 cm³/mol. The number of hydrogen-bond acceptors (Lipinski definition) is 4. The fourth-order valence-corrected chi connectivity index (χ4v) is 4.44. The van der Waals surface area contributed by atoms with Crippen LogP contribution in [0.4, 0.5) is 0 Å². The van der Waals surface area contributed by atoms with Gasteiger partial charge in [-0.3, -0.25) is 0 Å². The molecule has 2 atom stereocenters. The van der Waals surface area contributed by atoms with Crippen molar-refractivity contribution in [1.82, 2.24) is 10.2 Å². The third-order valence-corrected chi connectivity index (χ3v) is 7.13. The molecule has 1 radical (unpaired) electrons. The molecule has 0 aromatic rings. The van der Waals surface area contributed by atoms with Crippen LogP contribution in [0.2, 0.25) is 6.32 Å². The minimum Gasteiger partial charge on any atom is -0.434 e. The summed E-state index contributed by atoms with van der Waals surface area (Å²) in [5.74, 6) is 0.668. The Morgan fingerprint density at radius 1 is 1.32 bits per heavy atom. The minimum absolute atomic E-state index is 0.0833. The Balaban J connectivity index is 1.95. The maximum Gasteiger partial charge on any atom is 0.293 e. The first-order chi connectivity index (χ1) is 12.7. The topological polar surface area (TPSA) is 24.5 Å². The normalized spacial score (nSPS) is 25.5. The highest BCUT2D eigenvalue weighted by Gasteiger charge is 2.55. The van der Waals surface area contributed by atoms with Gasteiger partial charge >= 0.3 is 0 Å². The molecule has 1 aliphatic heterocycles. The molecule has 0 aromatic heterocycles. The van der Waals surface area contributed by atoms with Gasteiger partial charge in [0.1, 0.15) is 0 Å². The van der Waals surface area contributed by atoms with Crippen molar-refractivity contribution >= 4 is 20.1 Å². The summed E-state index contributed by atoms with van der Waals surface area (Å²) in [7, 11) is 2.00. The van der Waals surface area contributed by atoms with Crippen molar-refractivity contribution in [3.05, 3.63) is 24.2 Å². The van der Waals surface area contributed by atoms with Gasteiger partial charge in [0.15, 0.2) is 0 Å². The predicted octanol–water partition coefficient (Wildman–Crippen LogP) is 5.93. The van der Waals surface area contributed by atoms with Gasteiger partial charge in [-0.05, 0) is 80.6 Å². The summed E-state index contributed by atoms with van der Waals surface area (Å²) in [6.07, 6.45) is 9.44. The standard InChI is InChI=1S/C23H42BN2OS/c1-17(2)26-16-19(25-20(3,4)5)23(26)14-10-12-18(23)13-11-15-24-27-21(6,7)22(8,9)28/h16,18,25,28H,1,10-15H2,2-9H3. The molecule has 159 valence electrons. The number of thiol groups is 1. The molecule has 2 unspecified atom stereocenters. The van der Waals surface area contributed by atoms with Crippen LogP contribution in [-0.2, 0) is 4.65 Å². The van der Waals surface area contributed by atoms with Crippen molar-refractivity contribution in [3.63, 3.8) is 0 Å². The second kappa shape index (κ2) is 8.30. The van der Waals surface area contributed by atoms with Crippen LogP contribution in [-0.4, -0.2) is 33.8 Å². The Kier molecular flexibility index (Phi) is 7.03. The number of nitrogens with zero attached hydrogens (tertiary/aromatic N) is 1. The van der Waals surface area contributed by atoms with Gasteiger partial charge in [-0.15, -0.1) is 0 Å². The molecule has 1 fully saturated rings. The Morgan fingerprint density at radius 2 is 1.96 bits per heavy atom. The van der Waals surface area contributed by atoms with Gasteiger partial charge in [-0.25, -0.2) is 0 Å². The SMILES string of the molecule is C=C(C)N1C=C(NC(C)(C)C)C12CCCC2CCC[B]OC(C)(C)C(C)(C)S. The van der Waals surface area contributed by atoms with Crippen LogP contribution in [0.1, 0.15) is 87.5 Å². The maximum absolute atomic E-state index is 6.05. The first-order valence-electron chi connectivity index (χ1n) is 10.9. The molecule has 1 N–H and O–H groups in total. The fraction of sp³-hybridized carbons (Fsp3) is 0.826. The lowest BCUT2D eigenvalue weighted by Gasteiger charge is -2.55. The number of allylic oxidation sites excluding steroid dienone is 1. The summed E-state index contributed by atoms with van der Waals surface area (Å²) in [4.78, 5) is 2.44. The monoisotopic (exact) mass is 405 g/mol. The molecule has 1 aliphatic carbocycles. The Bertz CT molecular complexity index is 603. The molecule has 1 heterocycles. The van der Waals surface area contributed by atoms with Crippen LogP contribution >= 0.6 is 12.6 Å². The van der Waals surface area contributed by atoms with Crippen molar-refractivity contribution in [1.29, 1.82) is 0 Å². The van der Waals surface area contributed by atoms with Gasteiger partial charge in [0.05, 0.1) is 16.8 Å². The van der Waals surface area contributed by atoms with Crippen LogP contribution in [0.25, 0.3) is 0 Å².